The summed E-state index contributed by atoms with van der Waals surface area (Å²) in [5.41, 5.74) is 1.21. The van der Waals surface area contributed by atoms with E-state index in [0.717, 1.165) is 0 Å². The highest BCUT2D eigenvalue weighted by atomic mass is 16.1. The van der Waals surface area contributed by atoms with Gasteiger partial charge in [0.05, 0.1) is 16.6 Å². The summed E-state index contributed by atoms with van der Waals surface area (Å²) in [6.45, 7) is 3.13. The molecule has 15 heavy (non-hydrogen) atoms. The lowest BCUT2D eigenvalue weighted by Crippen LogP contribution is -2.14. The van der Waals surface area contributed by atoms with Crippen LogP contribution < -0.4 is 5.43 Å². The first-order valence-corrected chi connectivity index (χ1v) is 4.58. The molecule has 0 aliphatic carbocycles. The van der Waals surface area contributed by atoms with Gasteiger partial charge in [-0.3, -0.25) is 14.3 Å². The van der Waals surface area contributed by atoms with Crippen molar-refractivity contribution in [2.75, 3.05) is 0 Å². The van der Waals surface area contributed by atoms with Gasteiger partial charge in [0.15, 0.2) is 5.78 Å². The molecule has 0 radical (unpaired) electrons. The summed E-state index contributed by atoms with van der Waals surface area (Å²) < 4.78 is 1.59. The smallest absolute Gasteiger partial charge is 0.203 e. The normalized spacial score (nSPS) is 10.9. The summed E-state index contributed by atoms with van der Waals surface area (Å²) in [5.74, 6) is -0.235. The Balaban J connectivity index is 2.96. The number of nitrogens with zero attached hydrogens (tertiary/aromatic N) is 2. The van der Waals surface area contributed by atoms with Crippen LogP contribution in [0.3, 0.4) is 0 Å². The maximum absolute atomic E-state index is 11.9. The molecule has 0 spiro atoms. The van der Waals surface area contributed by atoms with Gasteiger partial charge in [0, 0.05) is 13.2 Å². The van der Waals surface area contributed by atoms with Gasteiger partial charge in [-0.1, -0.05) is 0 Å². The molecule has 0 amide bonds. The van der Waals surface area contributed by atoms with E-state index in [9.17, 15) is 9.59 Å². The number of carbonyl (C=O) groups is 1. The van der Waals surface area contributed by atoms with Crippen molar-refractivity contribution in [3.05, 3.63) is 27.7 Å². The van der Waals surface area contributed by atoms with Gasteiger partial charge in [-0.15, -0.1) is 0 Å². The second-order valence-electron chi connectivity index (χ2n) is 3.52. The highest BCUT2D eigenvalue weighted by molar-refractivity contribution is 5.96. The van der Waals surface area contributed by atoms with E-state index in [-0.39, 0.29) is 16.8 Å². The second-order valence-corrected chi connectivity index (χ2v) is 3.52. The fourth-order valence-electron chi connectivity index (χ4n) is 1.70. The number of rotatable bonds is 1. The van der Waals surface area contributed by atoms with E-state index in [0.29, 0.717) is 16.7 Å². The van der Waals surface area contributed by atoms with Crippen molar-refractivity contribution in [1.29, 1.82) is 0 Å². The summed E-state index contributed by atoms with van der Waals surface area (Å²) >= 11 is 0. The zero-order valence-electron chi connectivity index (χ0n) is 8.79. The maximum atomic E-state index is 11.9. The number of nitrogens with one attached hydrogen (secondary N) is 1. The van der Waals surface area contributed by atoms with Gasteiger partial charge in [-0.2, -0.15) is 5.10 Å². The summed E-state index contributed by atoms with van der Waals surface area (Å²) in [6, 6.07) is 0. The largest absolute Gasteiger partial charge is 0.345 e. The summed E-state index contributed by atoms with van der Waals surface area (Å²) in [5, 5.41) is 4.62. The SMILES string of the molecule is CC(=O)c1c[nH]c2c(c(C)nn2C)c1=O. The van der Waals surface area contributed by atoms with E-state index in [2.05, 4.69) is 10.1 Å². The lowest BCUT2D eigenvalue weighted by molar-refractivity contribution is 0.101. The molecular weight excluding hydrogens is 194 g/mol. The van der Waals surface area contributed by atoms with Crippen LogP contribution >= 0.6 is 0 Å². The van der Waals surface area contributed by atoms with Crippen LogP contribution in [0.15, 0.2) is 11.0 Å². The monoisotopic (exact) mass is 205 g/mol. The van der Waals surface area contributed by atoms with Crippen LogP contribution in [0.25, 0.3) is 11.0 Å². The molecule has 2 aromatic rings. The molecule has 0 atom stereocenters. The average molecular weight is 205 g/mol. The number of fused-ring (bicyclic) bond motifs is 1. The highest BCUT2D eigenvalue weighted by Crippen LogP contribution is 2.11. The Morgan fingerprint density at radius 3 is 2.80 bits per heavy atom. The zero-order chi connectivity index (χ0) is 11.2. The molecule has 0 unspecified atom stereocenters. The lowest BCUT2D eigenvalue weighted by Gasteiger charge is -1.96. The van der Waals surface area contributed by atoms with Crippen molar-refractivity contribution in [3.63, 3.8) is 0 Å². The minimum atomic E-state index is -0.248. The van der Waals surface area contributed by atoms with Crippen LogP contribution in [0.1, 0.15) is 23.0 Å². The van der Waals surface area contributed by atoms with Crippen LogP contribution in [-0.4, -0.2) is 20.5 Å². The van der Waals surface area contributed by atoms with Crippen LogP contribution in [0.5, 0.6) is 0 Å². The van der Waals surface area contributed by atoms with E-state index in [4.69, 9.17) is 0 Å². The van der Waals surface area contributed by atoms with Crippen LogP contribution in [0.2, 0.25) is 0 Å². The van der Waals surface area contributed by atoms with Gasteiger partial charge in [0.2, 0.25) is 5.43 Å². The first kappa shape index (κ1) is 9.64. The molecule has 2 heterocycles. The molecule has 2 rings (SSSR count). The summed E-state index contributed by atoms with van der Waals surface area (Å²) in [7, 11) is 1.75. The highest BCUT2D eigenvalue weighted by Gasteiger charge is 2.14. The van der Waals surface area contributed by atoms with E-state index in [1.165, 1.54) is 13.1 Å². The van der Waals surface area contributed by atoms with Crippen molar-refractivity contribution in [1.82, 2.24) is 14.8 Å². The number of carbonyl (C=O) groups excluding carboxylic acids is 1. The molecule has 2 aromatic heterocycles. The average Bonchev–Trinajstić information content (AvgIpc) is 2.43. The summed E-state index contributed by atoms with van der Waals surface area (Å²) in [6.07, 6.45) is 1.44. The predicted octanol–water partition coefficient (Wildman–Crippen LogP) is 0.773. The van der Waals surface area contributed by atoms with Crippen LogP contribution in [0, 0.1) is 6.92 Å². The Morgan fingerprint density at radius 1 is 1.53 bits per heavy atom. The van der Waals surface area contributed by atoms with E-state index in [1.54, 1.807) is 18.7 Å². The van der Waals surface area contributed by atoms with Crippen molar-refractivity contribution in [2.24, 2.45) is 7.05 Å². The molecule has 0 aromatic carbocycles. The van der Waals surface area contributed by atoms with E-state index < -0.39 is 0 Å². The van der Waals surface area contributed by atoms with E-state index in [1.807, 2.05) is 0 Å². The lowest BCUT2D eigenvalue weighted by atomic mass is 10.1. The van der Waals surface area contributed by atoms with Crippen molar-refractivity contribution < 1.29 is 4.79 Å². The van der Waals surface area contributed by atoms with Crippen LogP contribution in [-0.2, 0) is 7.05 Å². The molecule has 0 fully saturated rings. The molecule has 0 saturated heterocycles. The summed E-state index contributed by atoms with van der Waals surface area (Å²) in [4.78, 5) is 26.0. The standard InChI is InChI=1S/C10H11N3O2/c1-5-8-9(15)7(6(2)14)4-11-10(8)13(3)12-5/h4H,1-3H3,(H,11,15). The first-order chi connectivity index (χ1) is 7.02. The Kier molecular flexibility index (Phi) is 1.96. The fraction of sp³-hybridized carbons (Fsp3) is 0.300. The Hall–Kier alpha value is -1.91. The molecule has 0 saturated carbocycles. The number of Topliss-reactive ketones (excluding diaryl/α,β-unsaturated/α-hetero) is 1. The third-order valence-electron chi connectivity index (χ3n) is 2.43. The van der Waals surface area contributed by atoms with Crippen molar-refractivity contribution >= 4 is 16.8 Å². The van der Waals surface area contributed by atoms with E-state index >= 15 is 0 Å². The number of ketones is 1. The topological polar surface area (TPSA) is 67.8 Å². The third kappa shape index (κ3) is 1.27. The minimum absolute atomic E-state index is 0.179. The van der Waals surface area contributed by atoms with Crippen molar-refractivity contribution in [2.45, 2.75) is 13.8 Å². The van der Waals surface area contributed by atoms with Crippen LogP contribution in [0.4, 0.5) is 0 Å². The number of pyridine rings is 1. The van der Waals surface area contributed by atoms with Gasteiger partial charge in [-0.05, 0) is 13.8 Å². The quantitative estimate of drug-likeness (QED) is 0.699. The first-order valence-electron chi connectivity index (χ1n) is 4.58. The van der Waals surface area contributed by atoms with Gasteiger partial charge < -0.3 is 4.98 Å². The number of H-pyrrole nitrogens is 1. The Morgan fingerprint density at radius 2 is 2.20 bits per heavy atom. The zero-order valence-corrected chi connectivity index (χ0v) is 8.79. The van der Waals surface area contributed by atoms with Gasteiger partial charge in [0.1, 0.15) is 5.65 Å². The maximum Gasteiger partial charge on any atom is 0.203 e. The number of aromatic nitrogens is 3. The predicted molar refractivity (Wildman–Crippen MR) is 56.1 cm³/mol. The number of hydrogen-bond acceptors (Lipinski definition) is 3. The molecule has 0 bridgehead atoms. The molecule has 78 valence electrons. The number of hydrogen-bond donors (Lipinski definition) is 1. The molecular formula is C10H11N3O2. The number of aromatic amines is 1. The molecule has 5 heteroatoms. The Bertz CT molecular complexity index is 607. The molecule has 5 nitrogen and oxygen atoms in total. The second kappa shape index (κ2) is 3.05. The molecule has 0 aliphatic rings. The van der Waals surface area contributed by atoms with Gasteiger partial charge in [0.25, 0.3) is 0 Å². The van der Waals surface area contributed by atoms with Crippen molar-refractivity contribution in [3.8, 4) is 0 Å². The fourth-order valence-corrected chi connectivity index (χ4v) is 1.70. The minimum Gasteiger partial charge on any atom is -0.345 e. The van der Waals surface area contributed by atoms with Gasteiger partial charge in [-0.25, -0.2) is 0 Å². The molecule has 0 aliphatic heterocycles. The Labute approximate surface area is 85.7 Å². The molecule has 1 N–H and O–H groups in total. The number of aryl methyl sites for hydroxylation is 2. The third-order valence-corrected chi connectivity index (χ3v) is 2.43. The van der Waals surface area contributed by atoms with Gasteiger partial charge >= 0.3 is 0 Å².